The van der Waals surface area contributed by atoms with Crippen molar-refractivity contribution < 1.29 is 18.7 Å². The molecule has 0 aromatic heterocycles. The SMILES string of the molecule is NCC#Cc1cc(F)ccc1N1C(=O)C2CCC(O2)C1=O. The third-order valence-electron chi connectivity index (χ3n) is 3.54. The summed E-state index contributed by atoms with van der Waals surface area (Å²) >= 11 is 0. The number of carbonyl (C=O) groups is 2. The Labute approximate surface area is 120 Å². The number of amides is 2. The largest absolute Gasteiger partial charge is 0.355 e. The maximum atomic E-state index is 13.4. The van der Waals surface area contributed by atoms with Crippen LogP contribution in [0, 0.1) is 17.7 Å². The van der Waals surface area contributed by atoms with Crippen LogP contribution in [0.2, 0.25) is 0 Å². The molecule has 2 atom stereocenters. The molecule has 3 rings (SSSR count). The molecule has 2 saturated heterocycles. The van der Waals surface area contributed by atoms with E-state index in [9.17, 15) is 14.0 Å². The van der Waals surface area contributed by atoms with Crippen LogP contribution in [0.5, 0.6) is 0 Å². The van der Waals surface area contributed by atoms with Gasteiger partial charge >= 0.3 is 0 Å². The van der Waals surface area contributed by atoms with Crippen molar-refractivity contribution in [3.05, 3.63) is 29.6 Å². The van der Waals surface area contributed by atoms with Crippen molar-refractivity contribution in [2.24, 2.45) is 5.73 Å². The second-order valence-electron chi connectivity index (χ2n) is 4.87. The lowest BCUT2D eigenvalue weighted by Gasteiger charge is -2.30. The monoisotopic (exact) mass is 288 g/mol. The summed E-state index contributed by atoms with van der Waals surface area (Å²) in [5.74, 6) is 3.98. The van der Waals surface area contributed by atoms with E-state index >= 15 is 0 Å². The third kappa shape index (κ3) is 2.31. The molecule has 1 aromatic carbocycles. The van der Waals surface area contributed by atoms with Crippen LogP contribution in [0.25, 0.3) is 0 Å². The lowest BCUT2D eigenvalue weighted by atomic mass is 10.1. The second-order valence-corrected chi connectivity index (χ2v) is 4.87. The first-order valence-electron chi connectivity index (χ1n) is 6.63. The molecule has 5 nitrogen and oxygen atoms in total. The summed E-state index contributed by atoms with van der Waals surface area (Å²) in [5.41, 5.74) is 5.87. The van der Waals surface area contributed by atoms with E-state index in [1.165, 1.54) is 18.2 Å². The molecular formula is C15H13FN2O3. The number of fused-ring (bicyclic) bond motifs is 2. The van der Waals surface area contributed by atoms with Gasteiger partial charge in [-0.05, 0) is 31.0 Å². The number of ether oxygens (including phenoxy) is 1. The number of nitrogens with zero attached hydrogens (tertiary/aromatic N) is 1. The molecule has 2 aliphatic heterocycles. The Balaban J connectivity index is 2.07. The molecule has 1 aromatic rings. The fourth-order valence-electron chi connectivity index (χ4n) is 2.58. The van der Waals surface area contributed by atoms with Crippen molar-refractivity contribution in [2.45, 2.75) is 25.0 Å². The second kappa shape index (κ2) is 5.28. The Morgan fingerprint density at radius 2 is 1.95 bits per heavy atom. The Kier molecular flexibility index (Phi) is 3.45. The molecular weight excluding hydrogens is 275 g/mol. The van der Waals surface area contributed by atoms with Crippen molar-refractivity contribution in [3.8, 4) is 11.8 Å². The van der Waals surface area contributed by atoms with Crippen LogP contribution in [0.3, 0.4) is 0 Å². The lowest BCUT2D eigenvalue weighted by Crippen LogP contribution is -2.52. The van der Waals surface area contributed by atoms with Gasteiger partial charge in [0.1, 0.15) is 18.0 Å². The van der Waals surface area contributed by atoms with Crippen LogP contribution in [0.1, 0.15) is 18.4 Å². The minimum Gasteiger partial charge on any atom is -0.355 e. The predicted molar refractivity (Wildman–Crippen MR) is 72.7 cm³/mol. The van der Waals surface area contributed by atoms with Crippen LogP contribution in [0.4, 0.5) is 10.1 Å². The Morgan fingerprint density at radius 3 is 2.57 bits per heavy atom. The molecule has 0 radical (unpaired) electrons. The van der Waals surface area contributed by atoms with Crippen molar-refractivity contribution in [1.29, 1.82) is 0 Å². The number of anilines is 1. The number of benzene rings is 1. The van der Waals surface area contributed by atoms with E-state index in [-0.39, 0.29) is 17.8 Å². The van der Waals surface area contributed by atoms with Gasteiger partial charge in [0.2, 0.25) is 0 Å². The first kappa shape index (κ1) is 13.7. The molecule has 2 heterocycles. The highest BCUT2D eigenvalue weighted by atomic mass is 19.1. The fraction of sp³-hybridized carbons (Fsp3) is 0.333. The molecule has 2 aliphatic rings. The standard InChI is InChI=1S/C15H13FN2O3/c16-10-3-4-11(9(8-10)2-1-7-17)18-14(19)12-5-6-13(21-12)15(18)20/h3-4,8,12-13H,5-7,17H2. The number of carbonyl (C=O) groups excluding carboxylic acids is 2. The number of halogens is 1. The smallest absolute Gasteiger partial charge is 0.263 e. The predicted octanol–water partition coefficient (Wildman–Crippen LogP) is 0.557. The normalized spacial score (nSPS) is 24.0. The summed E-state index contributed by atoms with van der Waals surface area (Å²) in [6, 6.07) is 3.77. The van der Waals surface area contributed by atoms with E-state index in [4.69, 9.17) is 10.5 Å². The molecule has 0 aliphatic carbocycles. The molecule has 2 fully saturated rings. The zero-order chi connectivity index (χ0) is 15.0. The fourth-order valence-corrected chi connectivity index (χ4v) is 2.58. The molecule has 2 bridgehead atoms. The van der Waals surface area contributed by atoms with Crippen molar-refractivity contribution in [1.82, 2.24) is 0 Å². The Morgan fingerprint density at radius 1 is 1.29 bits per heavy atom. The van der Waals surface area contributed by atoms with Crippen molar-refractivity contribution in [2.75, 3.05) is 11.4 Å². The summed E-state index contributed by atoms with van der Waals surface area (Å²) in [7, 11) is 0. The number of morpholine rings is 1. The summed E-state index contributed by atoms with van der Waals surface area (Å²) in [4.78, 5) is 25.7. The Hall–Kier alpha value is -2.23. The van der Waals surface area contributed by atoms with E-state index < -0.39 is 29.8 Å². The van der Waals surface area contributed by atoms with Crippen molar-refractivity contribution in [3.63, 3.8) is 0 Å². The number of nitrogens with two attached hydrogens (primary N) is 1. The van der Waals surface area contributed by atoms with Gasteiger partial charge in [0.25, 0.3) is 11.8 Å². The van der Waals surface area contributed by atoms with E-state index in [1.807, 2.05) is 0 Å². The quantitative estimate of drug-likeness (QED) is 0.605. The molecule has 2 N–H and O–H groups in total. The van der Waals surface area contributed by atoms with Crippen LogP contribution in [-0.4, -0.2) is 30.6 Å². The third-order valence-corrected chi connectivity index (χ3v) is 3.54. The van der Waals surface area contributed by atoms with Gasteiger partial charge in [0, 0.05) is 0 Å². The first-order chi connectivity index (χ1) is 10.1. The summed E-state index contributed by atoms with van der Waals surface area (Å²) in [6.07, 6.45) is -0.158. The highest BCUT2D eigenvalue weighted by Crippen LogP contribution is 2.33. The summed E-state index contributed by atoms with van der Waals surface area (Å²) in [5, 5.41) is 0. The first-order valence-corrected chi connectivity index (χ1v) is 6.63. The maximum absolute atomic E-state index is 13.4. The highest BCUT2D eigenvalue weighted by molar-refractivity contribution is 6.20. The van der Waals surface area contributed by atoms with Crippen LogP contribution < -0.4 is 10.6 Å². The van der Waals surface area contributed by atoms with E-state index in [0.717, 1.165) is 4.90 Å². The average Bonchev–Trinajstić information content (AvgIpc) is 2.92. The minimum atomic E-state index is -0.604. The zero-order valence-corrected chi connectivity index (χ0v) is 11.1. The topological polar surface area (TPSA) is 72.6 Å². The number of imide groups is 1. The van der Waals surface area contributed by atoms with Gasteiger partial charge in [-0.3, -0.25) is 9.59 Å². The number of hydrogen-bond acceptors (Lipinski definition) is 4. The minimum absolute atomic E-state index is 0.103. The van der Waals surface area contributed by atoms with Gasteiger partial charge < -0.3 is 10.5 Å². The highest BCUT2D eigenvalue weighted by Gasteiger charge is 2.47. The van der Waals surface area contributed by atoms with Crippen LogP contribution >= 0.6 is 0 Å². The van der Waals surface area contributed by atoms with E-state index in [2.05, 4.69) is 11.8 Å². The Bertz CT molecular complexity index is 655. The zero-order valence-electron chi connectivity index (χ0n) is 11.1. The van der Waals surface area contributed by atoms with Crippen LogP contribution in [-0.2, 0) is 14.3 Å². The summed E-state index contributed by atoms with van der Waals surface area (Å²) in [6.45, 7) is 0.103. The molecule has 0 spiro atoms. The van der Waals surface area contributed by atoms with E-state index in [1.54, 1.807) is 0 Å². The van der Waals surface area contributed by atoms with E-state index in [0.29, 0.717) is 12.8 Å². The van der Waals surface area contributed by atoms with Gasteiger partial charge in [-0.25, -0.2) is 9.29 Å². The van der Waals surface area contributed by atoms with Gasteiger partial charge in [-0.15, -0.1) is 0 Å². The molecule has 0 saturated carbocycles. The van der Waals surface area contributed by atoms with Gasteiger partial charge in [-0.1, -0.05) is 11.8 Å². The molecule has 2 unspecified atom stereocenters. The van der Waals surface area contributed by atoms with Crippen molar-refractivity contribution >= 4 is 17.5 Å². The molecule has 21 heavy (non-hydrogen) atoms. The summed E-state index contributed by atoms with van der Waals surface area (Å²) < 4.78 is 18.7. The van der Waals surface area contributed by atoms with Crippen LogP contribution in [0.15, 0.2) is 18.2 Å². The molecule has 108 valence electrons. The molecule has 2 amide bonds. The average molecular weight is 288 g/mol. The lowest BCUT2D eigenvalue weighted by molar-refractivity contribution is -0.146. The molecule has 6 heteroatoms. The maximum Gasteiger partial charge on any atom is 0.263 e. The van der Waals surface area contributed by atoms with Gasteiger partial charge in [-0.2, -0.15) is 0 Å². The number of rotatable bonds is 1. The number of hydrogen-bond donors (Lipinski definition) is 1. The van der Waals surface area contributed by atoms with Gasteiger partial charge in [0.05, 0.1) is 17.8 Å². The van der Waals surface area contributed by atoms with Gasteiger partial charge in [0.15, 0.2) is 0 Å².